The highest BCUT2D eigenvalue weighted by Crippen LogP contribution is 2.36. The molecule has 24 heavy (non-hydrogen) atoms. The standard InChI is InChI=1S/C17H16F3NO3/c18-17(19,20)10-24-14-8-4-1-5-11(14)9-21-15(22)12-6-2-3-7-13(12)16(21)23/h1-5,8,12-13H,6-7,9-10H2/t12-,13-/m1/s1. The maximum absolute atomic E-state index is 12.4. The van der Waals surface area contributed by atoms with E-state index in [4.69, 9.17) is 4.74 Å². The summed E-state index contributed by atoms with van der Waals surface area (Å²) in [6, 6.07) is 6.15. The molecule has 2 amide bonds. The van der Waals surface area contributed by atoms with Crippen molar-refractivity contribution in [2.45, 2.75) is 25.6 Å². The molecule has 3 rings (SSSR count). The van der Waals surface area contributed by atoms with Crippen LogP contribution in [0.25, 0.3) is 0 Å². The highest BCUT2D eigenvalue weighted by Gasteiger charge is 2.47. The highest BCUT2D eigenvalue weighted by molar-refractivity contribution is 6.05. The topological polar surface area (TPSA) is 46.6 Å². The number of alkyl halides is 3. The number of nitrogens with zero attached hydrogens (tertiary/aromatic N) is 1. The minimum Gasteiger partial charge on any atom is -0.484 e. The first kappa shape index (κ1) is 16.5. The smallest absolute Gasteiger partial charge is 0.422 e. The molecule has 2 aliphatic rings. The number of imide groups is 1. The van der Waals surface area contributed by atoms with Gasteiger partial charge in [0.05, 0.1) is 18.4 Å². The van der Waals surface area contributed by atoms with Gasteiger partial charge < -0.3 is 4.74 Å². The van der Waals surface area contributed by atoms with Crippen LogP contribution in [0.1, 0.15) is 18.4 Å². The summed E-state index contributed by atoms with van der Waals surface area (Å²) in [5.74, 6) is -1.21. The third-order valence-corrected chi connectivity index (χ3v) is 4.29. The molecule has 0 spiro atoms. The molecular formula is C17H16F3NO3. The first-order chi connectivity index (χ1) is 11.4. The van der Waals surface area contributed by atoms with Gasteiger partial charge in [-0.3, -0.25) is 14.5 Å². The lowest BCUT2D eigenvalue weighted by molar-refractivity contribution is -0.154. The Labute approximate surface area is 136 Å². The van der Waals surface area contributed by atoms with Gasteiger partial charge in [0.1, 0.15) is 5.75 Å². The lowest BCUT2D eigenvalue weighted by atomic mass is 9.85. The molecule has 1 aliphatic carbocycles. The molecule has 2 atom stereocenters. The van der Waals surface area contributed by atoms with E-state index in [2.05, 4.69) is 0 Å². The molecule has 1 aromatic carbocycles. The van der Waals surface area contributed by atoms with E-state index in [1.165, 1.54) is 6.07 Å². The lowest BCUT2D eigenvalue weighted by Gasteiger charge is -2.18. The number of carbonyl (C=O) groups is 2. The van der Waals surface area contributed by atoms with Crippen molar-refractivity contribution in [1.29, 1.82) is 0 Å². The molecule has 1 aliphatic heterocycles. The van der Waals surface area contributed by atoms with Crippen molar-refractivity contribution in [3.05, 3.63) is 42.0 Å². The first-order valence-corrected chi connectivity index (χ1v) is 7.64. The van der Waals surface area contributed by atoms with Crippen LogP contribution in [0.3, 0.4) is 0 Å². The fourth-order valence-electron chi connectivity index (χ4n) is 3.13. The van der Waals surface area contributed by atoms with Crippen LogP contribution in [0, 0.1) is 11.8 Å². The van der Waals surface area contributed by atoms with E-state index in [0.717, 1.165) is 4.90 Å². The predicted molar refractivity (Wildman–Crippen MR) is 78.9 cm³/mol. The van der Waals surface area contributed by atoms with E-state index in [-0.39, 0.29) is 35.9 Å². The van der Waals surface area contributed by atoms with Gasteiger partial charge in [-0.1, -0.05) is 30.4 Å². The molecule has 128 valence electrons. The van der Waals surface area contributed by atoms with Crippen LogP contribution in [-0.4, -0.2) is 29.5 Å². The summed E-state index contributed by atoms with van der Waals surface area (Å²) in [5, 5.41) is 0. The van der Waals surface area contributed by atoms with Crippen molar-refractivity contribution in [2.24, 2.45) is 11.8 Å². The Kier molecular flexibility index (Phi) is 4.34. The summed E-state index contributed by atoms with van der Waals surface area (Å²) in [7, 11) is 0. The molecule has 4 nitrogen and oxygen atoms in total. The molecule has 0 saturated carbocycles. The maximum Gasteiger partial charge on any atom is 0.422 e. The number of fused-ring (bicyclic) bond motifs is 1. The van der Waals surface area contributed by atoms with Crippen molar-refractivity contribution in [3.63, 3.8) is 0 Å². The minimum atomic E-state index is -4.45. The number of likely N-dealkylation sites (tertiary alicyclic amines) is 1. The summed E-state index contributed by atoms with van der Waals surface area (Å²) in [4.78, 5) is 26.0. The second-order valence-corrected chi connectivity index (χ2v) is 5.93. The Balaban J connectivity index is 1.77. The van der Waals surface area contributed by atoms with E-state index in [1.54, 1.807) is 18.2 Å². The molecule has 7 heteroatoms. The van der Waals surface area contributed by atoms with Gasteiger partial charge in [-0.15, -0.1) is 0 Å². The van der Waals surface area contributed by atoms with Crippen molar-refractivity contribution >= 4 is 11.8 Å². The van der Waals surface area contributed by atoms with Crippen molar-refractivity contribution in [3.8, 4) is 5.75 Å². The molecule has 0 unspecified atom stereocenters. The van der Waals surface area contributed by atoms with Gasteiger partial charge in [0.2, 0.25) is 11.8 Å². The zero-order valence-electron chi connectivity index (χ0n) is 12.8. The summed E-state index contributed by atoms with van der Waals surface area (Å²) in [6.45, 7) is -1.49. The number of carbonyl (C=O) groups excluding carboxylic acids is 2. The number of allylic oxidation sites excluding steroid dienone is 2. The Morgan fingerprint density at radius 2 is 1.62 bits per heavy atom. The maximum atomic E-state index is 12.4. The zero-order chi connectivity index (χ0) is 17.3. The molecule has 0 bridgehead atoms. The van der Waals surface area contributed by atoms with Crippen LogP contribution in [0.5, 0.6) is 5.75 Å². The number of ether oxygens (including phenoxy) is 1. The highest BCUT2D eigenvalue weighted by atomic mass is 19.4. The van der Waals surface area contributed by atoms with Crippen molar-refractivity contribution in [2.75, 3.05) is 6.61 Å². The Hall–Kier alpha value is -2.31. The van der Waals surface area contributed by atoms with Crippen LogP contribution in [0.15, 0.2) is 36.4 Å². The second-order valence-electron chi connectivity index (χ2n) is 5.93. The van der Waals surface area contributed by atoms with Crippen molar-refractivity contribution in [1.82, 2.24) is 4.90 Å². The number of halogens is 3. The number of benzene rings is 1. The van der Waals surface area contributed by atoms with Crippen LogP contribution >= 0.6 is 0 Å². The van der Waals surface area contributed by atoms with E-state index in [0.29, 0.717) is 18.4 Å². The Bertz CT molecular complexity index is 658. The summed E-state index contributed by atoms with van der Waals surface area (Å²) in [6.07, 6.45) is 0.370. The molecular weight excluding hydrogens is 323 g/mol. The Morgan fingerprint density at radius 1 is 1.04 bits per heavy atom. The lowest BCUT2D eigenvalue weighted by Crippen LogP contribution is -2.31. The molecule has 1 heterocycles. The van der Waals surface area contributed by atoms with E-state index in [1.807, 2.05) is 12.2 Å². The Morgan fingerprint density at radius 3 is 2.21 bits per heavy atom. The average molecular weight is 339 g/mol. The fourth-order valence-corrected chi connectivity index (χ4v) is 3.13. The van der Waals surface area contributed by atoms with Gasteiger partial charge in [0, 0.05) is 5.56 Å². The first-order valence-electron chi connectivity index (χ1n) is 7.64. The molecule has 1 saturated heterocycles. The second kappa shape index (κ2) is 6.30. The molecule has 0 N–H and O–H groups in total. The summed E-state index contributed by atoms with van der Waals surface area (Å²) < 4.78 is 41.9. The quantitative estimate of drug-likeness (QED) is 0.626. The number of para-hydroxylation sites is 1. The monoisotopic (exact) mass is 339 g/mol. The van der Waals surface area contributed by atoms with E-state index < -0.39 is 12.8 Å². The molecule has 1 aromatic rings. The number of amides is 2. The zero-order valence-corrected chi connectivity index (χ0v) is 12.8. The normalized spacial score (nSPS) is 23.5. The fraction of sp³-hybridized carbons (Fsp3) is 0.412. The number of hydrogen-bond acceptors (Lipinski definition) is 3. The van der Waals surface area contributed by atoms with Gasteiger partial charge >= 0.3 is 6.18 Å². The summed E-state index contributed by atoms with van der Waals surface area (Å²) in [5.41, 5.74) is 0.384. The van der Waals surface area contributed by atoms with Crippen LogP contribution in [0.2, 0.25) is 0 Å². The third-order valence-electron chi connectivity index (χ3n) is 4.29. The minimum absolute atomic E-state index is 0.0309. The molecule has 0 aromatic heterocycles. The van der Waals surface area contributed by atoms with Crippen molar-refractivity contribution < 1.29 is 27.5 Å². The van der Waals surface area contributed by atoms with Gasteiger partial charge in [0.25, 0.3) is 0 Å². The molecule has 0 radical (unpaired) electrons. The predicted octanol–water partition coefficient (Wildman–Crippen LogP) is 3.08. The van der Waals surface area contributed by atoms with Gasteiger partial charge in [-0.2, -0.15) is 13.2 Å². The van der Waals surface area contributed by atoms with Gasteiger partial charge in [-0.25, -0.2) is 0 Å². The van der Waals surface area contributed by atoms with E-state index >= 15 is 0 Å². The average Bonchev–Trinajstić information content (AvgIpc) is 2.79. The van der Waals surface area contributed by atoms with Gasteiger partial charge in [0.15, 0.2) is 6.61 Å². The molecule has 1 fully saturated rings. The van der Waals surface area contributed by atoms with Crippen LogP contribution in [0.4, 0.5) is 13.2 Å². The SMILES string of the molecule is O=C1[C@@H]2CC=CC[C@H]2C(=O)N1Cc1ccccc1OCC(F)(F)F. The van der Waals surface area contributed by atoms with Crippen LogP contribution in [-0.2, 0) is 16.1 Å². The van der Waals surface area contributed by atoms with E-state index in [9.17, 15) is 22.8 Å². The van der Waals surface area contributed by atoms with Gasteiger partial charge in [-0.05, 0) is 18.9 Å². The van der Waals surface area contributed by atoms with Crippen LogP contribution < -0.4 is 4.74 Å². The number of rotatable bonds is 4. The third kappa shape index (κ3) is 3.29. The number of hydrogen-bond donors (Lipinski definition) is 0. The summed E-state index contributed by atoms with van der Waals surface area (Å²) >= 11 is 0. The largest absolute Gasteiger partial charge is 0.484 e.